The van der Waals surface area contributed by atoms with E-state index in [1.807, 2.05) is 0 Å². The lowest BCUT2D eigenvalue weighted by Crippen LogP contribution is -2.25. The van der Waals surface area contributed by atoms with Crippen LogP contribution in [0.15, 0.2) is 21.9 Å². The highest BCUT2D eigenvalue weighted by molar-refractivity contribution is 7.92. The Morgan fingerprint density at radius 1 is 1.35 bits per heavy atom. The fraction of sp³-hybridized carbons (Fsp3) is 0.462. The molecule has 1 aliphatic carbocycles. The van der Waals surface area contributed by atoms with Gasteiger partial charge in [0.2, 0.25) is 0 Å². The van der Waals surface area contributed by atoms with Gasteiger partial charge in [0, 0.05) is 17.1 Å². The van der Waals surface area contributed by atoms with Gasteiger partial charge >= 0.3 is 0 Å². The molecule has 1 aliphatic rings. The summed E-state index contributed by atoms with van der Waals surface area (Å²) >= 11 is 5.45. The third-order valence-corrected chi connectivity index (χ3v) is 6.79. The number of halogens is 1. The molecule has 2 rings (SSSR count). The molecule has 0 amide bonds. The lowest BCUT2D eigenvalue weighted by atomic mass is 10.00. The van der Waals surface area contributed by atoms with Gasteiger partial charge in [-0.25, -0.2) is 8.42 Å². The second-order valence-corrected chi connectivity index (χ2v) is 9.04. The Hall–Kier alpha value is -0.720. The summed E-state index contributed by atoms with van der Waals surface area (Å²) in [7, 11) is -4.94. The predicted molar refractivity (Wildman–Crippen MR) is 78.5 cm³/mol. The fourth-order valence-corrected chi connectivity index (χ4v) is 5.42. The molecule has 1 saturated carbocycles. The highest BCUT2D eigenvalue weighted by atomic mass is 35.5. The van der Waals surface area contributed by atoms with E-state index in [4.69, 9.17) is 11.6 Å². The first-order chi connectivity index (χ1) is 9.21. The average molecular weight is 335 g/mol. The van der Waals surface area contributed by atoms with Gasteiger partial charge in [-0.05, 0) is 49.1 Å². The van der Waals surface area contributed by atoms with Crippen molar-refractivity contribution in [2.45, 2.75) is 41.2 Å². The van der Waals surface area contributed by atoms with E-state index in [-0.39, 0.29) is 20.6 Å². The maximum absolute atomic E-state index is 12.5. The van der Waals surface area contributed by atoms with Crippen LogP contribution in [0.25, 0.3) is 0 Å². The van der Waals surface area contributed by atoms with Crippen LogP contribution in [0.1, 0.15) is 35.2 Å². The molecule has 7 heteroatoms. The number of rotatable bonds is 4. The fourth-order valence-electron chi connectivity index (χ4n) is 2.08. The molecule has 1 fully saturated rings. The first-order valence-electron chi connectivity index (χ1n) is 6.17. The summed E-state index contributed by atoms with van der Waals surface area (Å²) in [5.41, 5.74) is 0.682. The summed E-state index contributed by atoms with van der Waals surface area (Å²) in [6.07, 6.45) is 3.74. The van der Waals surface area contributed by atoms with Crippen molar-refractivity contribution >= 4 is 37.5 Å². The van der Waals surface area contributed by atoms with Crippen molar-refractivity contribution in [2.75, 3.05) is 6.26 Å². The Balaban J connectivity index is 2.63. The van der Waals surface area contributed by atoms with E-state index in [1.165, 1.54) is 12.1 Å². The van der Waals surface area contributed by atoms with Crippen molar-refractivity contribution in [3.05, 3.63) is 23.3 Å². The molecule has 0 bridgehead atoms. The van der Waals surface area contributed by atoms with Crippen LogP contribution in [0.4, 0.5) is 0 Å². The van der Waals surface area contributed by atoms with Gasteiger partial charge in [0.05, 0.1) is 20.6 Å². The monoisotopic (exact) mass is 334 g/mol. The van der Waals surface area contributed by atoms with E-state index in [9.17, 15) is 17.4 Å². The number of sulfone groups is 1. The van der Waals surface area contributed by atoms with Gasteiger partial charge in [-0.15, -0.1) is 0 Å². The molecule has 20 heavy (non-hydrogen) atoms. The number of carbonyl (C=O) groups excluding carboxylic acids is 1. The summed E-state index contributed by atoms with van der Waals surface area (Å²) < 4.78 is 36.2. The van der Waals surface area contributed by atoms with Crippen LogP contribution in [-0.2, 0) is 20.6 Å². The minimum atomic E-state index is -3.57. The molecule has 110 valence electrons. The van der Waals surface area contributed by atoms with Crippen molar-refractivity contribution < 1.29 is 17.4 Å². The van der Waals surface area contributed by atoms with Gasteiger partial charge in [0.25, 0.3) is 5.24 Å². The van der Waals surface area contributed by atoms with Crippen LogP contribution in [0.5, 0.6) is 0 Å². The first-order valence-corrected chi connectivity index (χ1v) is 9.65. The van der Waals surface area contributed by atoms with Gasteiger partial charge in [-0.2, -0.15) is 0 Å². The molecule has 0 N–H and O–H groups in total. The smallest absolute Gasteiger partial charge is 0.252 e. The molecular formula is C13H15ClO4S2. The third-order valence-electron chi connectivity index (χ3n) is 3.47. The van der Waals surface area contributed by atoms with Crippen molar-refractivity contribution in [1.29, 1.82) is 0 Å². The number of benzene rings is 1. The van der Waals surface area contributed by atoms with Crippen molar-refractivity contribution in [3.8, 4) is 0 Å². The zero-order chi connectivity index (χ0) is 15.1. The maximum Gasteiger partial charge on any atom is 0.252 e. The van der Waals surface area contributed by atoms with Crippen LogP contribution in [0.3, 0.4) is 0 Å². The summed E-state index contributed by atoms with van der Waals surface area (Å²) in [5.74, 6) is 0. The van der Waals surface area contributed by atoms with Crippen LogP contribution in [0, 0.1) is 6.92 Å². The third kappa shape index (κ3) is 2.97. The molecule has 1 aromatic carbocycles. The largest absolute Gasteiger partial charge is 0.276 e. The molecule has 0 aromatic heterocycles. The Kier molecular flexibility index (Phi) is 4.37. The molecule has 1 aromatic rings. The minimum absolute atomic E-state index is 0.00690. The number of aryl methyl sites for hydroxylation is 1. The predicted octanol–water partition coefficient (Wildman–Crippen LogP) is 2.44. The second kappa shape index (κ2) is 5.58. The van der Waals surface area contributed by atoms with Crippen LogP contribution in [0.2, 0.25) is 0 Å². The van der Waals surface area contributed by atoms with Crippen LogP contribution in [-0.4, -0.2) is 29.4 Å². The molecule has 4 nitrogen and oxygen atoms in total. The highest BCUT2D eigenvalue weighted by Crippen LogP contribution is 2.33. The Morgan fingerprint density at radius 2 is 1.95 bits per heavy atom. The highest BCUT2D eigenvalue weighted by Gasteiger charge is 2.29. The van der Waals surface area contributed by atoms with E-state index >= 15 is 0 Å². The zero-order valence-electron chi connectivity index (χ0n) is 11.2. The molecule has 1 atom stereocenters. The molecule has 0 spiro atoms. The van der Waals surface area contributed by atoms with E-state index in [0.29, 0.717) is 5.56 Å². The van der Waals surface area contributed by atoms with Crippen LogP contribution < -0.4 is 0 Å². The lowest BCUT2D eigenvalue weighted by molar-refractivity contribution is 0.108. The van der Waals surface area contributed by atoms with Crippen LogP contribution >= 0.6 is 11.6 Å². The molecular weight excluding hydrogens is 320 g/mol. The molecule has 0 saturated heterocycles. The Bertz CT molecular complexity index is 691. The lowest BCUT2D eigenvalue weighted by Gasteiger charge is -2.25. The Labute approximate surface area is 125 Å². The van der Waals surface area contributed by atoms with Gasteiger partial charge in [0.15, 0.2) is 9.84 Å². The standard InChI is InChI=1S/C13H15ClO4S2/c1-8-6-11(19(16)9-4-3-5-9)12(20(2,17)18)7-10(8)13(14)15/h6-7,9H,3-5H2,1-2H3. The quantitative estimate of drug-likeness (QED) is 0.793. The number of hydrogen-bond acceptors (Lipinski definition) is 4. The SMILES string of the molecule is Cc1cc(S(=O)C2CCC2)c(S(C)(=O)=O)cc1C(=O)Cl. The van der Waals surface area contributed by atoms with Crippen molar-refractivity contribution in [3.63, 3.8) is 0 Å². The summed E-state index contributed by atoms with van der Waals surface area (Å²) in [5, 5.41) is -0.708. The van der Waals surface area contributed by atoms with Gasteiger partial charge in [0.1, 0.15) is 0 Å². The van der Waals surface area contributed by atoms with Gasteiger partial charge in [-0.3, -0.25) is 9.00 Å². The average Bonchev–Trinajstić information content (AvgIpc) is 2.23. The van der Waals surface area contributed by atoms with Gasteiger partial charge in [-0.1, -0.05) is 6.42 Å². The maximum atomic E-state index is 12.5. The molecule has 0 heterocycles. The molecule has 0 aliphatic heterocycles. The van der Waals surface area contributed by atoms with Crippen molar-refractivity contribution in [1.82, 2.24) is 0 Å². The van der Waals surface area contributed by atoms with E-state index in [1.54, 1.807) is 6.92 Å². The zero-order valence-corrected chi connectivity index (χ0v) is 13.6. The molecule has 1 unspecified atom stereocenters. The van der Waals surface area contributed by atoms with Crippen molar-refractivity contribution in [2.24, 2.45) is 0 Å². The summed E-state index contributed by atoms with van der Waals surface area (Å²) in [6.45, 7) is 1.66. The number of hydrogen-bond donors (Lipinski definition) is 0. The Morgan fingerprint density at radius 3 is 2.35 bits per heavy atom. The second-order valence-electron chi connectivity index (χ2n) is 5.01. The van der Waals surface area contributed by atoms with E-state index in [0.717, 1.165) is 25.5 Å². The summed E-state index contributed by atoms with van der Waals surface area (Å²) in [4.78, 5) is 11.6. The topological polar surface area (TPSA) is 68.3 Å². The normalized spacial score (nSPS) is 17.6. The first kappa shape index (κ1) is 15.7. The molecule has 0 radical (unpaired) electrons. The van der Waals surface area contributed by atoms with E-state index in [2.05, 4.69) is 0 Å². The van der Waals surface area contributed by atoms with Gasteiger partial charge < -0.3 is 0 Å². The van der Waals surface area contributed by atoms with E-state index < -0.39 is 25.9 Å². The minimum Gasteiger partial charge on any atom is -0.276 e. The number of carbonyl (C=O) groups is 1. The summed E-state index contributed by atoms with van der Waals surface area (Å²) in [6, 6.07) is 2.76.